The molecular formula is C39H37ClN4O8S. The molecule has 4 aliphatic rings. The van der Waals surface area contributed by atoms with Gasteiger partial charge < -0.3 is 14.9 Å². The van der Waals surface area contributed by atoms with E-state index in [1.165, 1.54) is 27.7 Å². The highest BCUT2D eigenvalue weighted by Gasteiger charge is 2.68. The van der Waals surface area contributed by atoms with Gasteiger partial charge in [0.05, 0.1) is 35.2 Å². The van der Waals surface area contributed by atoms with Gasteiger partial charge in [0.25, 0.3) is 0 Å². The molecule has 2 saturated heterocycles. The topological polar surface area (TPSA) is 159 Å². The number of thiophene rings is 1. The van der Waals surface area contributed by atoms with Gasteiger partial charge in [0.2, 0.25) is 23.6 Å². The highest BCUT2D eigenvalue weighted by Crippen LogP contribution is 2.64. The van der Waals surface area contributed by atoms with E-state index in [0.29, 0.717) is 22.1 Å². The van der Waals surface area contributed by atoms with Crippen LogP contribution in [0, 0.1) is 36.0 Å². The van der Waals surface area contributed by atoms with Crippen LogP contribution in [0.4, 0.5) is 5.82 Å². The molecule has 4 amide bonds. The van der Waals surface area contributed by atoms with E-state index in [1.807, 2.05) is 31.2 Å². The van der Waals surface area contributed by atoms with Gasteiger partial charge in [-0.3, -0.25) is 33.6 Å². The molecule has 12 nitrogen and oxygen atoms in total. The van der Waals surface area contributed by atoms with Crippen molar-refractivity contribution >= 4 is 68.4 Å². The summed E-state index contributed by atoms with van der Waals surface area (Å²) in [5.74, 6) is -5.65. The third-order valence-electron chi connectivity index (χ3n) is 11.9. The first kappa shape index (κ1) is 35.0. The summed E-state index contributed by atoms with van der Waals surface area (Å²) in [6.45, 7) is 3.78. The summed E-state index contributed by atoms with van der Waals surface area (Å²) < 4.78 is 8.04. The van der Waals surface area contributed by atoms with Gasteiger partial charge in [-0.15, -0.1) is 11.3 Å². The number of carboxylic acid groups (broad SMARTS) is 1. The molecular weight excluding hydrogens is 720 g/mol. The van der Waals surface area contributed by atoms with Crippen LogP contribution < -0.4 is 9.64 Å². The van der Waals surface area contributed by atoms with Crippen molar-refractivity contribution in [1.29, 1.82) is 0 Å². The number of methoxy groups -OCH3 is 1. The number of allylic oxidation sites excluding steroid dienone is 2. The van der Waals surface area contributed by atoms with E-state index in [1.54, 1.807) is 43.5 Å². The SMILES string of the molecule is COc1cc(C2C3=CCC4C(=O)N(CCCC(=O)O)C(=O)C4C3CC3C(=O)N(c4cc(-c5sc6ccc(Cl)cc6c5C)nn4C)C(=O)C32C)ccc1O. The molecule has 2 aliphatic carbocycles. The number of amides is 4. The standard InChI is InChI=1S/C39H37ClN4O8S/c1-18-23-15-20(40)8-12-29(23)53-34(18)26-17-30(42(3)41-26)44-36(49)25-16-24-21(9-10-22-32(24)37(50)43(35(22)48)13-5-6-31(46)47)33(39(25,2)38(44)51)19-7-11-27(45)28(14-19)52-4/h7-9,11-12,14-15,17,22,24-25,32-33,45H,5-6,10,13,16H2,1-4H3,(H,46,47). The number of nitrogens with zero attached hydrogens (tertiary/aromatic N) is 4. The van der Waals surface area contributed by atoms with Crippen molar-refractivity contribution in [1.82, 2.24) is 14.7 Å². The minimum Gasteiger partial charge on any atom is -0.504 e. The lowest BCUT2D eigenvalue weighted by Crippen LogP contribution is -2.49. The maximum Gasteiger partial charge on any atom is 0.303 e. The number of carboxylic acids is 1. The lowest BCUT2D eigenvalue weighted by atomic mass is 9.51. The van der Waals surface area contributed by atoms with Crippen molar-refractivity contribution in [3.05, 3.63) is 70.3 Å². The molecule has 0 spiro atoms. The van der Waals surface area contributed by atoms with Gasteiger partial charge in [-0.2, -0.15) is 5.10 Å². The van der Waals surface area contributed by atoms with Crippen LogP contribution in [-0.4, -0.2) is 68.1 Å². The number of hydrogen-bond acceptors (Lipinski definition) is 9. The van der Waals surface area contributed by atoms with E-state index in [-0.39, 0.29) is 55.5 Å². The average Bonchev–Trinajstić information content (AvgIpc) is 3.79. The lowest BCUT2D eigenvalue weighted by molar-refractivity contribution is -0.142. The molecule has 8 rings (SSSR count). The summed E-state index contributed by atoms with van der Waals surface area (Å²) in [4.78, 5) is 72.0. The molecule has 3 fully saturated rings. The Bertz CT molecular complexity index is 2310. The molecule has 14 heteroatoms. The van der Waals surface area contributed by atoms with Crippen molar-refractivity contribution in [3.63, 3.8) is 0 Å². The van der Waals surface area contributed by atoms with E-state index >= 15 is 4.79 Å². The zero-order valence-corrected chi connectivity index (χ0v) is 31.0. The number of ether oxygens (including phenoxy) is 1. The van der Waals surface area contributed by atoms with Crippen LogP contribution in [0.25, 0.3) is 20.7 Å². The fraction of sp³-hybridized carbons (Fsp3) is 0.385. The van der Waals surface area contributed by atoms with Crippen molar-refractivity contribution in [2.24, 2.45) is 36.1 Å². The monoisotopic (exact) mass is 756 g/mol. The first-order valence-electron chi connectivity index (χ1n) is 17.5. The summed E-state index contributed by atoms with van der Waals surface area (Å²) >= 11 is 7.84. The largest absolute Gasteiger partial charge is 0.504 e. The second-order valence-electron chi connectivity index (χ2n) is 14.6. The van der Waals surface area contributed by atoms with Crippen LogP contribution in [0.5, 0.6) is 11.5 Å². The van der Waals surface area contributed by atoms with Crippen molar-refractivity contribution in [2.45, 2.75) is 45.4 Å². The number of rotatable bonds is 8. The fourth-order valence-electron chi connectivity index (χ4n) is 9.38. The Hall–Kier alpha value is -5.01. The van der Waals surface area contributed by atoms with Crippen molar-refractivity contribution in [2.75, 3.05) is 18.6 Å². The molecule has 2 N–H and O–H groups in total. The van der Waals surface area contributed by atoms with E-state index in [2.05, 4.69) is 0 Å². The zero-order chi connectivity index (χ0) is 37.7. The third kappa shape index (κ3) is 5.14. The number of likely N-dealkylation sites (tertiary alicyclic amines) is 1. The second kappa shape index (κ2) is 12.6. The van der Waals surface area contributed by atoms with Crippen LogP contribution in [-0.2, 0) is 31.0 Å². The smallest absolute Gasteiger partial charge is 0.303 e. The molecule has 2 aromatic carbocycles. The Labute approximate surface area is 313 Å². The van der Waals surface area contributed by atoms with E-state index in [4.69, 9.17) is 26.5 Å². The number of fused-ring (bicyclic) bond motifs is 5. The number of carbonyl (C=O) groups excluding carboxylic acids is 4. The molecule has 4 aromatic rings. The molecule has 0 radical (unpaired) electrons. The number of benzene rings is 2. The summed E-state index contributed by atoms with van der Waals surface area (Å²) in [6, 6.07) is 12.3. The number of hydrogen-bond donors (Lipinski definition) is 2. The Balaban J connectivity index is 1.22. The number of carbonyl (C=O) groups is 5. The fourth-order valence-corrected chi connectivity index (χ4v) is 10.7. The first-order chi connectivity index (χ1) is 25.3. The van der Waals surface area contributed by atoms with Crippen LogP contribution >= 0.6 is 22.9 Å². The Morgan fingerprint density at radius 2 is 1.85 bits per heavy atom. The number of aliphatic carboxylic acids is 1. The van der Waals surface area contributed by atoms with Gasteiger partial charge in [-0.25, -0.2) is 4.90 Å². The zero-order valence-electron chi connectivity index (χ0n) is 29.5. The lowest BCUT2D eigenvalue weighted by Gasteiger charge is -2.49. The number of imide groups is 2. The summed E-state index contributed by atoms with van der Waals surface area (Å²) in [5.41, 5.74) is 1.70. The van der Waals surface area contributed by atoms with Gasteiger partial charge >= 0.3 is 5.97 Å². The van der Waals surface area contributed by atoms with E-state index < -0.39 is 52.8 Å². The molecule has 53 heavy (non-hydrogen) atoms. The molecule has 4 heterocycles. The number of halogens is 1. The van der Waals surface area contributed by atoms with E-state index in [0.717, 1.165) is 26.1 Å². The van der Waals surface area contributed by atoms with Crippen molar-refractivity contribution in [3.8, 4) is 22.1 Å². The van der Waals surface area contributed by atoms with Gasteiger partial charge in [0.1, 0.15) is 11.5 Å². The maximum absolute atomic E-state index is 15.0. The van der Waals surface area contributed by atoms with Gasteiger partial charge in [-0.05, 0) is 85.9 Å². The molecule has 0 bridgehead atoms. The number of anilines is 1. The number of aromatic nitrogens is 2. The predicted octanol–water partition coefficient (Wildman–Crippen LogP) is 6.07. The highest BCUT2D eigenvalue weighted by atomic mass is 35.5. The summed E-state index contributed by atoms with van der Waals surface area (Å²) in [6.07, 6.45) is 2.34. The minimum absolute atomic E-state index is 0.000907. The predicted molar refractivity (Wildman–Crippen MR) is 197 cm³/mol. The Morgan fingerprint density at radius 1 is 1.08 bits per heavy atom. The normalized spacial score (nSPS) is 26.6. The Morgan fingerprint density at radius 3 is 2.58 bits per heavy atom. The third-order valence-corrected chi connectivity index (χ3v) is 13.4. The minimum atomic E-state index is -1.31. The van der Waals surface area contributed by atoms with Crippen LogP contribution in [0.3, 0.4) is 0 Å². The second-order valence-corrected chi connectivity index (χ2v) is 16.1. The molecule has 2 aromatic heterocycles. The van der Waals surface area contributed by atoms with Crippen LogP contribution in [0.15, 0.2) is 54.1 Å². The molecule has 6 unspecified atom stereocenters. The van der Waals surface area contributed by atoms with Gasteiger partial charge in [-0.1, -0.05) is 29.3 Å². The maximum atomic E-state index is 15.0. The average molecular weight is 757 g/mol. The number of phenolic OH excluding ortho intramolecular Hbond substituents is 1. The van der Waals surface area contributed by atoms with E-state index in [9.17, 15) is 24.3 Å². The molecule has 2 aliphatic heterocycles. The molecule has 1 saturated carbocycles. The van der Waals surface area contributed by atoms with Crippen LogP contribution in [0.1, 0.15) is 49.7 Å². The number of aryl methyl sites for hydroxylation is 2. The number of aromatic hydroxyl groups is 1. The first-order valence-corrected chi connectivity index (χ1v) is 18.7. The quantitative estimate of drug-likeness (QED) is 0.161. The summed E-state index contributed by atoms with van der Waals surface area (Å²) in [7, 11) is 3.12. The van der Waals surface area contributed by atoms with Gasteiger partial charge in [0.15, 0.2) is 11.5 Å². The van der Waals surface area contributed by atoms with Gasteiger partial charge in [0, 0.05) is 41.7 Å². The number of phenols is 1. The summed E-state index contributed by atoms with van der Waals surface area (Å²) in [5, 5.41) is 26.1. The van der Waals surface area contributed by atoms with Crippen LogP contribution in [0.2, 0.25) is 5.02 Å². The molecule has 6 atom stereocenters. The Kier molecular flexibility index (Phi) is 8.30. The highest BCUT2D eigenvalue weighted by molar-refractivity contribution is 7.22. The van der Waals surface area contributed by atoms with Crippen molar-refractivity contribution < 1.29 is 38.9 Å². The molecule has 274 valence electrons.